The normalized spacial score (nSPS) is 19.4. The minimum absolute atomic E-state index is 0.394. The highest BCUT2D eigenvalue weighted by Gasteiger charge is 2.28. The molecule has 1 aromatic heterocycles. The first-order chi connectivity index (χ1) is 9.54. The molecule has 5 heteroatoms. The number of halogens is 1. The van der Waals surface area contributed by atoms with Crippen LogP contribution in [0.3, 0.4) is 0 Å². The Morgan fingerprint density at radius 3 is 2.90 bits per heavy atom. The molecule has 1 aromatic carbocycles. The lowest BCUT2D eigenvalue weighted by Crippen LogP contribution is -2.40. The van der Waals surface area contributed by atoms with Gasteiger partial charge in [0.25, 0.3) is 0 Å². The SMILES string of the molecule is CN1CCC(C)(CNc2nc3cc(Br)ccc3s2)CC1. The summed E-state index contributed by atoms with van der Waals surface area (Å²) in [5, 5.41) is 4.59. The Morgan fingerprint density at radius 1 is 1.40 bits per heavy atom. The molecule has 0 radical (unpaired) electrons. The molecule has 0 aliphatic carbocycles. The number of anilines is 1. The van der Waals surface area contributed by atoms with E-state index in [1.54, 1.807) is 11.3 Å². The third-order valence-electron chi connectivity index (χ3n) is 4.21. The van der Waals surface area contributed by atoms with E-state index in [2.05, 4.69) is 63.3 Å². The molecule has 1 aliphatic rings. The van der Waals surface area contributed by atoms with E-state index in [1.165, 1.54) is 30.6 Å². The molecule has 20 heavy (non-hydrogen) atoms. The monoisotopic (exact) mass is 353 g/mol. The Morgan fingerprint density at radius 2 is 2.15 bits per heavy atom. The average molecular weight is 354 g/mol. The third-order valence-corrected chi connectivity index (χ3v) is 5.70. The summed E-state index contributed by atoms with van der Waals surface area (Å²) < 4.78 is 2.33. The summed E-state index contributed by atoms with van der Waals surface area (Å²) in [4.78, 5) is 7.08. The van der Waals surface area contributed by atoms with Gasteiger partial charge < -0.3 is 10.2 Å². The van der Waals surface area contributed by atoms with Crippen molar-refractivity contribution in [2.45, 2.75) is 19.8 Å². The molecule has 0 bridgehead atoms. The fourth-order valence-electron chi connectivity index (χ4n) is 2.60. The Bertz CT molecular complexity index is 602. The van der Waals surface area contributed by atoms with E-state index < -0.39 is 0 Å². The van der Waals surface area contributed by atoms with E-state index in [0.717, 1.165) is 21.7 Å². The standard InChI is InChI=1S/C15H20BrN3S/c1-15(5-7-19(2)8-6-15)10-17-14-18-12-9-11(16)3-4-13(12)20-14/h3-4,9H,5-8,10H2,1-2H3,(H,17,18). The summed E-state index contributed by atoms with van der Waals surface area (Å²) in [6.07, 6.45) is 2.51. The molecule has 2 heterocycles. The van der Waals surface area contributed by atoms with Crippen LogP contribution in [0.25, 0.3) is 10.2 Å². The van der Waals surface area contributed by atoms with Gasteiger partial charge in [0.15, 0.2) is 5.13 Å². The minimum atomic E-state index is 0.394. The average Bonchev–Trinajstić information content (AvgIpc) is 2.82. The number of nitrogens with one attached hydrogen (secondary N) is 1. The van der Waals surface area contributed by atoms with Gasteiger partial charge in [-0.1, -0.05) is 34.2 Å². The first-order valence-electron chi connectivity index (χ1n) is 7.03. The fourth-order valence-corrected chi connectivity index (χ4v) is 3.79. The van der Waals surface area contributed by atoms with Gasteiger partial charge in [-0.3, -0.25) is 0 Å². The predicted molar refractivity (Wildman–Crippen MR) is 90.6 cm³/mol. The lowest BCUT2D eigenvalue weighted by atomic mass is 9.80. The van der Waals surface area contributed by atoms with Crippen molar-refractivity contribution in [1.29, 1.82) is 0 Å². The summed E-state index contributed by atoms with van der Waals surface area (Å²) in [7, 11) is 2.21. The minimum Gasteiger partial charge on any atom is -0.361 e. The van der Waals surface area contributed by atoms with Gasteiger partial charge in [0.05, 0.1) is 10.2 Å². The third kappa shape index (κ3) is 3.15. The van der Waals surface area contributed by atoms with Gasteiger partial charge in [-0.25, -0.2) is 4.98 Å². The van der Waals surface area contributed by atoms with Gasteiger partial charge in [-0.05, 0) is 56.6 Å². The highest BCUT2D eigenvalue weighted by molar-refractivity contribution is 9.10. The van der Waals surface area contributed by atoms with Crippen molar-refractivity contribution in [3.05, 3.63) is 22.7 Å². The second kappa shape index (κ2) is 5.62. The van der Waals surface area contributed by atoms with Crippen molar-refractivity contribution in [2.75, 3.05) is 32.0 Å². The van der Waals surface area contributed by atoms with Crippen molar-refractivity contribution >= 4 is 42.6 Å². The van der Waals surface area contributed by atoms with Crippen LogP contribution in [0.2, 0.25) is 0 Å². The van der Waals surface area contributed by atoms with E-state index in [9.17, 15) is 0 Å². The van der Waals surface area contributed by atoms with Crippen LogP contribution in [-0.4, -0.2) is 36.6 Å². The molecule has 0 unspecified atom stereocenters. The van der Waals surface area contributed by atoms with Crippen LogP contribution in [0.4, 0.5) is 5.13 Å². The zero-order valence-electron chi connectivity index (χ0n) is 11.9. The van der Waals surface area contributed by atoms with Crippen molar-refractivity contribution in [3.8, 4) is 0 Å². The smallest absolute Gasteiger partial charge is 0.183 e. The number of piperidine rings is 1. The van der Waals surface area contributed by atoms with Gasteiger partial charge in [0.1, 0.15) is 0 Å². The predicted octanol–water partition coefficient (Wildman–Crippen LogP) is 4.20. The van der Waals surface area contributed by atoms with E-state index in [-0.39, 0.29) is 0 Å². The van der Waals surface area contributed by atoms with Gasteiger partial charge in [0.2, 0.25) is 0 Å². The summed E-state index contributed by atoms with van der Waals surface area (Å²) in [5.41, 5.74) is 1.46. The fraction of sp³-hybridized carbons (Fsp3) is 0.533. The Kier molecular flexibility index (Phi) is 4.02. The Labute approximate surface area is 132 Å². The first kappa shape index (κ1) is 14.3. The molecule has 2 aromatic rings. The highest BCUT2D eigenvalue weighted by atomic mass is 79.9. The van der Waals surface area contributed by atoms with Crippen LogP contribution in [-0.2, 0) is 0 Å². The number of hydrogen-bond acceptors (Lipinski definition) is 4. The van der Waals surface area contributed by atoms with Crippen LogP contribution in [0.15, 0.2) is 22.7 Å². The molecular weight excluding hydrogens is 334 g/mol. The number of fused-ring (bicyclic) bond motifs is 1. The summed E-state index contributed by atoms with van der Waals surface area (Å²) in [6, 6.07) is 6.27. The molecule has 0 amide bonds. The van der Waals surface area contributed by atoms with Crippen LogP contribution in [0.1, 0.15) is 19.8 Å². The number of benzene rings is 1. The highest BCUT2D eigenvalue weighted by Crippen LogP contribution is 2.33. The number of hydrogen-bond donors (Lipinski definition) is 1. The van der Waals surface area contributed by atoms with Gasteiger partial charge in [0, 0.05) is 11.0 Å². The van der Waals surface area contributed by atoms with Crippen LogP contribution in [0.5, 0.6) is 0 Å². The number of aromatic nitrogens is 1. The number of thiazole rings is 1. The quantitative estimate of drug-likeness (QED) is 0.895. The molecular formula is C15H20BrN3S. The molecule has 1 aliphatic heterocycles. The van der Waals surface area contributed by atoms with E-state index in [4.69, 9.17) is 0 Å². The largest absolute Gasteiger partial charge is 0.361 e. The number of rotatable bonds is 3. The summed E-state index contributed by atoms with van der Waals surface area (Å²) in [5.74, 6) is 0. The lowest BCUT2D eigenvalue weighted by Gasteiger charge is -2.37. The zero-order chi connectivity index (χ0) is 14.2. The molecule has 1 N–H and O–H groups in total. The van der Waals surface area contributed by atoms with E-state index >= 15 is 0 Å². The van der Waals surface area contributed by atoms with Gasteiger partial charge in [-0.15, -0.1) is 0 Å². The maximum atomic E-state index is 4.67. The maximum absolute atomic E-state index is 4.67. The van der Waals surface area contributed by atoms with Crippen molar-refractivity contribution in [1.82, 2.24) is 9.88 Å². The zero-order valence-corrected chi connectivity index (χ0v) is 14.4. The molecule has 0 spiro atoms. The first-order valence-corrected chi connectivity index (χ1v) is 8.64. The van der Waals surface area contributed by atoms with Crippen LogP contribution < -0.4 is 5.32 Å². The van der Waals surface area contributed by atoms with Crippen molar-refractivity contribution in [3.63, 3.8) is 0 Å². The molecule has 3 rings (SSSR count). The van der Waals surface area contributed by atoms with Crippen LogP contribution in [0, 0.1) is 5.41 Å². The number of nitrogens with zero attached hydrogens (tertiary/aromatic N) is 2. The molecule has 1 fully saturated rings. The maximum Gasteiger partial charge on any atom is 0.183 e. The molecule has 0 atom stereocenters. The lowest BCUT2D eigenvalue weighted by molar-refractivity contribution is 0.150. The van der Waals surface area contributed by atoms with Crippen LogP contribution >= 0.6 is 27.3 Å². The molecule has 108 valence electrons. The van der Waals surface area contributed by atoms with Gasteiger partial charge >= 0.3 is 0 Å². The molecule has 1 saturated heterocycles. The second-order valence-corrected chi connectivity index (χ2v) is 8.04. The van der Waals surface area contributed by atoms with E-state index in [0.29, 0.717) is 5.41 Å². The van der Waals surface area contributed by atoms with E-state index in [1.807, 2.05) is 0 Å². The molecule has 3 nitrogen and oxygen atoms in total. The Balaban J connectivity index is 1.67. The summed E-state index contributed by atoms with van der Waals surface area (Å²) >= 11 is 5.24. The Hall–Kier alpha value is -0.650. The van der Waals surface area contributed by atoms with Gasteiger partial charge in [-0.2, -0.15) is 0 Å². The van der Waals surface area contributed by atoms with Crippen molar-refractivity contribution < 1.29 is 0 Å². The topological polar surface area (TPSA) is 28.2 Å². The number of likely N-dealkylation sites (tertiary alicyclic amines) is 1. The molecule has 0 saturated carbocycles. The summed E-state index contributed by atoms with van der Waals surface area (Å²) in [6.45, 7) is 5.80. The second-order valence-electron chi connectivity index (χ2n) is 6.10. The van der Waals surface area contributed by atoms with Crippen molar-refractivity contribution in [2.24, 2.45) is 5.41 Å².